The third-order valence-electron chi connectivity index (χ3n) is 3.43. The molecule has 18 heavy (non-hydrogen) atoms. The third-order valence-corrected chi connectivity index (χ3v) is 3.78. The highest BCUT2D eigenvalue weighted by Gasteiger charge is 2.58. The van der Waals surface area contributed by atoms with Crippen molar-refractivity contribution in [3.05, 3.63) is 0 Å². The monoisotopic (exact) mass is 278 g/mol. The van der Waals surface area contributed by atoms with Crippen molar-refractivity contribution in [2.75, 3.05) is 6.61 Å². The Morgan fingerprint density at radius 3 is 2.17 bits per heavy atom. The van der Waals surface area contributed by atoms with Crippen LogP contribution in [0.4, 0.5) is 0 Å². The molecule has 5 atom stereocenters. The van der Waals surface area contributed by atoms with Gasteiger partial charge in [-0.15, -0.1) is 0 Å². The summed E-state index contributed by atoms with van der Waals surface area (Å²) >= 11 is 6.16. The molecule has 5 nitrogen and oxygen atoms in total. The van der Waals surface area contributed by atoms with E-state index in [9.17, 15) is 0 Å². The number of hydrogen-bond donors (Lipinski definition) is 0. The molecule has 3 saturated heterocycles. The molecule has 3 fully saturated rings. The summed E-state index contributed by atoms with van der Waals surface area (Å²) in [6.45, 7) is 8.00. The van der Waals surface area contributed by atoms with Crippen LogP contribution in [-0.2, 0) is 23.7 Å². The maximum Gasteiger partial charge on any atom is 0.164 e. The van der Waals surface area contributed by atoms with Crippen LogP contribution in [0.3, 0.4) is 0 Å². The lowest BCUT2D eigenvalue weighted by Crippen LogP contribution is -2.40. The summed E-state index contributed by atoms with van der Waals surface area (Å²) in [5.74, 6) is -1.21. The Labute approximate surface area is 112 Å². The van der Waals surface area contributed by atoms with Crippen molar-refractivity contribution in [2.45, 2.75) is 69.2 Å². The van der Waals surface area contributed by atoms with Crippen LogP contribution >= 0.6 is 11.6 Å². The standard InChI is InChI=1S/C12H19ClO5/c1-11(2)14-5-6(16-11)7-8-9(10(13)15-7)18-12(3,4)17-8/h6-10H,5H2,1-4H3/t6-,7-,8+,9+,10+/m1/s1. The molecule has 3 aliphatic rings. The van der Waals surface area contributed by atoms with E-state index in [1.165, 1.54) is 0 Å². The lowest BCUT2D eigenvalue weighted by molar-refractivity contribution is -0.199. The van der Waals surface area contributed by atoms with Gasteiger partial charge in [0.2, 0.25) is 0 Å². The number of halogens is 1. The van der Waals surface area contributed by atoms with Gasteiger partial charge in [0.15, 0.2) is 17.1 Å². The van der Waals surface area contributed by atoms with Crippen LogP contribution < -0.4 is 0 Å². The van der Waals surface area contributed by atoms with E-state index in [0.29, 0.717) is 6.61 Å². The quantitative estimate of drug-likeness (QED) is 0.682. The summed E-state index contributed by atoms with van der Waals surface area (Å²) in [5.41, 5.74) is -0.505. The van der Waals surface area contributed by atoms with Crippen molar-refractivity contribution in [3.8, 4) is 0 Å². The topological polar surface area (TPSA) is 46.2 Å². The highest BCUT2D eigenvalue weighted by Crippen LogP contribution is 2.43. The number of fused-ring (bicyclic) bond motifs is 1. The average Bonchev–Trinajstić information content (AvgIpc) is 2.81. The van der Waals surface area contributed by atoms with Gasteiger partial charge in [0.25, 0.3) is 0 Å². The summed E-state index contributed by atoms with van der Waals surface area (Å²) in [4.78, 5) is 0. The van der Waals surface area contributed by atoms with Crippen molar-refractivity contribution >= 4 is 11.6 Å². The minimum Gasteiger partial charge on any atom is -0.351 e. The van der Waals surface area contributed by atoms with Crippen LogP contribution in [0.15, 0.2) is 0 Å². The van der Waals surface area contributed by atoms with E-state index in [1.807, 2.05) is 27.7 Å². The van der Waals surface area contributed by atoms with E-state index in [1.54, 1.807) is 0 Å². The van der Waals surface area contributed by atoms with Gasteiger partial charge in [-0.25, -0.2) is 0 Å². The van der Waals surface area contributed by atoms with Gasteiger partial charge >= 0.3 is 0 Å². The number of alkyl halides is 1. The second kappa shape index (κ2) is 4.04. The second-order valence-corrected chi connectivity index (χ2v) is 6.31. The zero-order valence-corrected chi connectivity index (χ0v) is 11.8. The largest absolute Gasteiger partial charge is 0.351 e. The molecule has 0 bridgehead atoms. The lowest BCUT2D eigenvalue weighted by atomic mass is 10.1. The van der Waals surface area contributed by atoms with Crippen LogP contribution in [0.1, 0.15) is 27.7 Å². The third kappa shape index (κ3) is 2.17. The smallest absolute Gasteiger partial charge is 0.164 e. The molecule has 0 aromatic rings. The molecule has 104 valence electrons. The number of rotatable bonds is 1. The first-order valence-corrected chi connectivity index (χ1v) is 6.68. The maximum absolute atomic E-state index is 6.16. The Bertz CT molecular complexity index is 345. The SMILES string of the molecule is CC1(C)O[C@@H]2[C@H](O1)[C@@H](Cl)O[C@@H]2[C@H]1COC(C)(C)O1. The van der Waals surface area contributed by atoms with Gasteiger partial charge < -0.3 is 23.7 Å². The predicted octanol–water partition coefficient (Wildman–Crippen LogP) is 1.62. The fourth-order valence-electron chi connectivity index (χ4n) is 2.76. The summed E-state index contributed by atoms with van der Waals surface area (Å²) in [6.07, 6.45) is -0.876. The van der Waals surface area contributed by atoms with E-state index >= 15 is 0 Å². The summed E-state index contributed by atoms with van der Waals surface area (Å²) < 4.78 is 28.7. The molecule has 0 aromatic heterocycles. The van der Waals surface area contributed by atoms with E-state index in [2.05, 4.69) is 0 Å². The van der Waals surface area contributed by atoms with E-state index in [0.717, 1.165) is 0 Å². The van der Waals surface area contributed by atoms with Crippen LogP contribution in [-0.4, -0.2) is 48.2 Å². The Morgan fingerprint density at radius 1 is 0.889 bits per heavy atom. The van der Waals surface area contributed by atoms with Gasteiger partial charge in [0, 0.05) is 0 Å². The molecule has 0 aromatic carbocycles. The van der Waals surface area contributed by atoms with Crippen LogP contribution in [0, 0.1) is 0 Å². The number of ether oxygens (including phenoxy) is 5. The van der Waals surface area contributed by atoms with E-state index in [4.69, 9.17) is 35.3 Å². The lowest BCUT2D eigenvalue weighted by Gasteiger charge is -2.26. The second-order valence-electron chi connectivity index (χ2n) is 5.88. The van der Waals surface area contributed by atoms with Gasteiger partial charge in [-0.1, -0.05) is 11.6 Å². The minimum absolute atomic E-state index is 0.172. The number of hydrogen-bond acceptors (Lipinski definition) is 5. The van der Waals surface area contributed by atoms with E-state index in [-0.39, 0.29) is 24.4 Å². The Balaban J connectivity index is 1.75. The van der Waals surface area contributed by atoms with Crippen molar-refractivity contribution in [3.63, 3.8) is 0 Å². The minimum atomic E-state index is -0.626. The summed E-state index contributed by atoms with van der Waals surface area (Å²) in [7, 11) is 0. The molecule has 3 rings (SSSR count). The highest BCUT2D eigenvalue weighted by molar-refractivity contribution is 6.20. The molecule has 0 aliphatic carbocycles. The molecular formula is C12H19ClO5. The molecule has 6 heteroatoms. The zero-order chi connectivity index (χ0) is 13.1. The first-order valence-electron chi connectivity index (χ1n) is 6.24. The van der Waals surface area contributed by atoms with Crippen molar-refractivity contribution in [2.24, 2.45) is 0 Å². The highest BCUT2D eigenvalue weighted by atomic mass is 35.5. The Kier molecular flexibility index (Phi) is 2.94. The van der Waals surface area contributed by atoms with Crippen LogP contribution in [0.25, 0.3) is 0 Å². The van der Waals surface area contributed by atoms with E-state index < -0.39 is 17.1 Å². The molecule has 0 unspecified atom stereocenters. The molecule has 0 N–H and O–H groups in total. The summed E-state index contributed by atoms with van der Waals surface area (Å²) in [5, 5.41) is 0. The fourth-order valence-corrected chi connectivity index (χ4v) is 3.07. The van der Waals surface area contributed by atoms with Crippen LogP contribution in [0.5, 0.6) is 0 Å². The molecular weight excluding hydrogens is 260 g/mol. The first kappa shape index (κ1) is 13.1. The normalized spacial score (nSPS) is 49.5. The van der Waals surface area contributed by atoms with Crippen molar-refractivity contribution in [1.29, 1.82) is 0 Å². The van der Waals surface area contributed by atoms with Crippen LogP contribution in [0.2, 0.25) is 0 Å². The van der Waals surface area contributed by atoms with Gasteiger partial charge in [0.05, 0.1) is 6.61 Å². The fraction of sp³-hybridized carbons (Fsp3) is 1.00. The summed E-state index contributed by atoms with van der Waals surface area (Å²) in [6, 6.07) is 0. The average molecular weight is 279 g/mol. The maximum atomic E-state index is 6.16. The van der Waals surface area contributed by atoms with Gasteiger partial charge in [0.1, 0.15) is 24.4 Å². The predicted molar refractivity (Wildman–Crippen MR) is 63.2 cm³/mol. The molecule has 0 amide bonds. The molecule has 0 saturated carbocycles. The van der Waals surface area contributed by atoms with Crippen molar-refractivity contribution < 1.29 is 23.7 Å². The zero-order valence-electron chi connectivity index (χ0n) is 11.0. The molecule has 3 heterocycles. The van der Waals surface area contributed by atoms with Crippen molar-refractivity contribution in [1.82, 2.24) is 0 Å². The van der Waals surface area contributed by atoms with Gasteiger partial charge in [-0.05, 0) is 27.7 Å². The first-order chi connectivity index (χ1) is 8.27. The Hall–Kier alpha value is 0.0900. The molecule has 0 spiro atoms. The molecule has 3 aliphatic heterocycles. The molecule has 0 radical (unpaired) electrons. The van der Waals surface area contributed by atoms with Gasteiger partial charge in [-0.2, -0.15) is 0 Å². The van der Waals surface area contributed by atoms with Gasteiger partial charge in [-0.3, -0.25) is 0 Å². The Morgan fingerprint density at radius 2 is 1.56 bits per heavy atom.